The zero-order valence-electron chi connectivity index (χ0n) is 14.6. The number of nitrogens with zero attached hydrogens (tertiary/aromatic N) is 2. The fourth-order valence-electron chi connectivity index (χ4n) is 2.37. The first kappa shape index (κ1) is 20.2. The summed E-state index contributed by atoms with van der Waals surface area (Å²) in [6.07, 6.45) is 1.72. The molecule has 2 rings (SSSR count). The maximum atomic E-state index is 5.26. The van der Waals surface area contributed by atoms with Gasteiger partial charge in [0.2, 0.25) is 5.88 Å². The van der Waals surface area contributed by atoms with Crippen LogP contribution in [0.15, 0.2) is 41.5 Å². The molecule has 6 heteroatoms. The minimum Gasteiger partial charge on any atom is -0.481 e. The van der Waals surface area contributed by atoms with E-state index < -0.39 is 0 Å². The number of rotatable bonds is 5. The Morgan fingerprint density at radius 2 is 1.83 bits per heavy atom. The number of nitrogens with one attached hydrogen (secondary N) is 2. The number of pyridine rings is 1. The van der Waals surface area contributed by atoms with E-state index in [4.69, 9.17) is 4.74 Å². The number of aryl methyl sites for hydroxylation is 2. The van der Waals surface area contributed by atoms with Crippen molar-refractivity contribution >= 4 is 29.9 Å². The number of aliphatic imine (C=N–C) groups is 1. The lowest BCUT2D eigenvalue weighted by Gasteiger charge is -2.14. The number of ether oxygens (including phenoxy) is 1. The molecule has 24 heavy (non-hydrogen) atoms. The average Bonchev–Trinajstić information content (AvgIpc) is 2.56. The molecule has 1 aromatic heterocycles. The average molecular weight is 440 g/mol. The van der Waals surface area contributed by atoms with E-state index in [0.717, 1.165) is 18.1 Å². The Hall–Kier alpha value is -1.83. The molecule has 0 amide bonds. The summed E-state index contributed by atoms with van der Waals surface area (Å²) in [4.78, 5) is 8.45. The van der Waals surface area contributed by atoms with Gasteiger partial charge in [0.15, 0.2) is 5.96 Å². The van der Waals surface area contributed by atoms with Gasteiger partial charge in [0.1, 0.15) is 0 Å². The highest BCUT2D eigenvalue weighted by atomic mass is 127. The minimum atomic E-state index is 0. The first-order valence-corrected chi connectivity index (χ1v) is 7.62. The second-order valence-electron chi connectivity index (χ2n) is 5.38. The largest absolute Gasteiger partial charge is 0.481 e. The number of halogens is 1. The van der Waals surface area contributed by atoms with Gasteiger partial charge in [-0.1, -0.05) is 29.8 Å². The smallest absolute Gasteiger partial charge is 0.218 e. The molecule has 0 fully saturated rings. The van der Waals surface area contributed by atoms with Crippen molar-refractivity contribution < 1.29 is 4.74 Å². The second-order valence-corrected chi connectivity index (χ2v) is 5.38. The van der Waals surface area contributed by atoms with Crippen molar-refractivity contribution in [3.63, 3.8) is 0 Å². The van der Waals surface area contributed by atoms with Crippen LogP contribution in [-0.2, 0) is 13.1 Å². The van der Waals surface area contributed by atoms with Crippen molar-refractivity contribution in [2.45, 2.75) is 26.9 Å². The van der Waals surface area contributed by atoms with Gasteiger partial charge in [0.25, 0.3) is 0 Å². The van der Waals surface area contributed by atoms with Gasteiger partial charge in [-0.2, -0.15) is 0 Å². The van der Waals surface area contributed by atoms with E-state index in [2.05, 4.69) is 52.7 Å². The summed E-state index contributed by atoms with van der Waals surface area (Å²) < 4.78 is 5.26. The molecule has 0 spiro atoms. The number of hydrogen-bond donors (Lipinski definition) is 2. The molecular formula is C18H25IN4O. The standard InChI is InChI=1S/C18H24N4O.HI/c1-13-7-8-15(14(2)10-13)11-21-18(19-3)22-12-16-6-5-9-20-17(16)23-4;/h5-10H,11-12H2,1-4H3,(H2,19,21,22);1H. The van der Waals surface area contributed by atoms with Gasteiger partial charge >= 0.3 is 0 Å². The maximum absolute atomic E-state index is 5.26. The lowest BCUT2D eigenvalue weighted by molar-refractivity contribution is 0.392. The number of guanidine groups is 1. The van der Waals surface area contributed by atoms with Crippen molar-refractivity contribution in [2.24, 2.45) is 4.99 Å². The number of benzene rings is 1. The molecule has 130 valence electrons. The predicted octanol–water partition coefficient (Wildman–Crippen LogP) is 3.19. The predicted molar refractivity (Wildman–Crippen MR) is 109 cm³/mol. The third-order valence-corrected chi connectivity index (χ3v) is 3.66. The summed E-state index contributed by atoms with van der Waals surface area (Å²) in [5.74, 6) is 1.38. The third kappa shape index (κ3) is 5.67. The van der Waals surface area contributed by atoms with Crippen LogP contribution >= 0.6 is 24.0 Å². The van der Waals surface area contributed by atoms with Crippen LogP contribution in [0.2, 0.25) is 0 Å². The van der Waals surface area contributed by atoms with Crippen LogP contribution in [0.4, 0.5) is 0 Å². The summed E-state index contributed by atoms with van der Waals surface area (Å²) in [5, 5.41) is 6.61. The normalized spacial score (nSPS) is 10.8. The Morgan fingerprint density at radius 3 is 2.46 bits per heavy atom. The minimum absolute atomic E-state index is 0. The van der Waals surface area contributed by atoms with Gasteiger partial charge in [-0.25, -0.2) is 4.98 Å². The summed E-state index contributed by atoms with van der Waals surface area (Å²) in [6, 6.07) is 10.3. The molecule has 0 saturated carbocycles. The van der Waals surface area contributed by atoms with Crippen LogP contribution in [0.5, 0.6) is 5.88 Å². The highest BCUT2D eigenvalue weighted by Crippen LogP contribution is 2.13. The van der Waals surface area contributed by atoms with Crippen molar-refractivity contribution in [2.75, 3.05) is 14.2 Å². The monoisotopic (exact) mass is 440 g/mol. The molecule has 0 unspecified atom stereocenters. The fraction of sp³-hybridized carbons (Fsp3) is 0.333. The second kappa shape index (κ2) is 10.1. The lowest BCUT2D eigenvalue weighted by atomic mass is 10.1. The lowest BCUT2D eigenvalue weighted by Crippen LogP contribution is -2.36. The van der Waals surface area contributed by atoms with E-state index in [1.807, 2.05) is 12.1 Å². The third-order valence-electron chi connectivity index (χ3n) is 3.66. The van der Waals surface area contributed by atoms with Crippen molar-refractivity contribution in [1.29, 1.82) is 0 Å². The van der Waals surface area contributed by atoms with E-state index in [1.54, 1.807) is 20.4 Å². The van der Waals surface area contributed by atoms with Gasteiger partial charge in [-0.3, -0.25) is 4.99 Å². The summed E-state index contributed by atoms with van der Waals surface area (Å²) in [5.41, 5.74) is 4.81. The summed E-state index contributed by atoms with van der Waals surface area (Å²) in [7, 11) is 3.39. The van der Waals surface area contributed by atoms with Crippen molar-refractivity contribution in [3.8, 4) is 5.88 Å². The van der Waals surface area contributed by atoms with Crippen LogP contribution in [-0.4, -0.2) is 25.1 Å². The molecule has 2 N–H and O–H groups in total. The van der Waals surface area contributed by atoms with E-state index >= 15 is 0 Å². The molecule has 0 aliphatic heterocycles. The topological polar surface area (TPSA) is 58.5 Å². The SMILES string of the molecule is CN=C(NCc1ccc(C)cc1C)NCc1cccnc1OC.I. The Labute approximate surface area is 161 Å². The molecule has 0 atom stereocenters. The summed E-state index contributed by atoms with van der Waals surface area (Å²) in [6.45, 7) is 5.56. The molecule has 2 aromatic rings. The molecule has 1 aromatic carbocycles. The van der Waals surface area contributed by atoms with Gasteiger partial charge in [0.05, 0.1) is 7.11 Å². The maximum Gasteiger partial charge on any atom is 0.218 e. The van der Waals surface area contributed by atoms with Crippen LogP contribution in [0.3, 0.4) is 0 Å². The molecule has 0 saturated heterocycles. The van der Waals surface area contributed by atoms with Crippen molar-refractivity contribution in [3.05, 3.63) is 58.8 Å². The zero-order chi connectivity index (χ0) is 16.7. The van der Waals surface area contributed by atoms with E-state index in [1.165, 1.54) is 16.7 Å². The Bertz CT molecular complexity index is 688. The molecular weight excluding hydrogens is 415 g/mol. The van der Waals surface area contributed by atoms with Crippen LogP contribution < -0.4 is 15.4 Å². The number of hydrogen-bond acceptors (Lipinski definition) is 3. The van der Waals surface area contributed by atoms with Gasteiger partial charge in [-0.05, 0) is 31.0 Å². The van der Waals surface area contributed by atoms with Gasteiger partial charge < -0.3 is 15.4 Å². The molecule has 0 radical (unpaired) electrons. The van der Waals surface area contributed by atoms with E-state index in [9.17, 15) is 0 Å². The Balaban J connectivity index is 0.00000288. The van der Waals surface area contributed by atoms with Crippen LogP contribution in [0, 0.1) is 13.8 Å². The summed E-state index contributed by atoms with van der Waals surface area (Å²) >= 11 is 0. The van der Waals surface area contributed by atoms with Crippen LogP contribution in [0.1, 0.15) is 22.3 Å². The van der Waals surface area contributed by atoms with Crippen LogP contribution in [0.25, 0.3) is 0 Å². The van der Waals surface area contributed by atoms with E-state index in [0.29, 0.717) is 12.4 Å². The Morgan fingerprint density at radius 1 is 1.12 bits per heavy atom. The zero-order valence-corrected chi connectivity index (χ0v) is 16.9. The number of aromatic nitrogens is 1. The molecule has 0 aliphatic rings. The van der Waals surface area contributed by atoms with Gasteiger partial charge in [0, 0.05) is 31.9 Å². The quantitative estimate of drug-likeness (QED) is 0.426. The first-order valence-electron chi connectivity index (χ1n) is 7.62. The number of methoxy groups -OCH3 is 1. The molecule has 5 nitrogen and oxygen atoms in total. The molecule has 0 bridgehead atoms. The van der Waals surface area contributed by atoms with E-state index in [-0.39, 0.29) is 24.0 Å². The fourth-order valence-corrected chi connectivity index (χ4v) is 2.37. The Kier molecular flexibility index (Phi) is 8.53. The van der Waals surface area contributed by atoms with Crippen molar-refractivity contribution in [1.82, 2.24) is 15.6 Å². The highest BCUT2D eigenvalue weighted by Gasteiger charge is 2.05. The van der Waals surface area contributed by atoms with Gasteiger partial charge in [-0.15, -0.1) is 24.0 Å². The first-order chi connectivity index (χ1) is 11.1. The molecule has 1 heterocycles. The molecule has 0 aliphatic carbocycles. The highest BCUT2D eigenvalue weighted by molar-refractivity contribution is 14.0.